The number of carbonyl (C=O) groups is 2. The average molecular weight is 236 g/mol. The highest BCUT2D eigenvalue weighted by atomic mass is 16.5. The largest absolute Gasteiger partial charge is 0.465 e. The van der Waals surface area contributed by atoms with Crippen LogP contribution in [0.25, 0.3) is 0 Å². The summed E-state index contributed by atoms with van der Waals surface area (Å²) < 4.78 is 5.11. The molecule has 3 heteroatoms. The smallest absolute Gasteiger partial charge is 0.316 e. The van der Waals surface area contributed by atoms with Gasteiger partial charge in [-0.15, -0.1) is 0 Å². The minimum atomic E-state index is -0.435. The summed E-state index contributed by atoms with van der Waals surface area (Å²) >= 11 is 0. The zero-order valence-corrected chi connectivity index (χ0v) is 10.4. The molecular formula is C14H20O3. The average Bonchev–Trinajstić information content (AvgIpc) is 2.41. The topological polar surface area (TPSA) is 43.4 Å². The number of ether oxygens (including phenoxy) is 1. The van der Waals surface area contributed by atoms with Crippen LogP contribution in [0.1, 0.15) is 39.0 Å². The van der Waals surface area contributed by atoms with Gasteiger partial charge in [0.15, 0.2) is 0 Å². The Labute approximate surface area is 102 Å². The normalized spacial score (nSPS) is 43.6. The molecule has 2 unspecified atom stereocenters. The molecule has 94 valence electrons. The Bertz CT molecular complexity index is 335. The lowest BCUT2D eigenvalue weighted by Crippen LogP contribution is -2.33. The fraction of sp³-hybridized carbons (Fsp3) is 0.857. The van der Waals surface area contributed by atoms with Gasteiger partial charge in [-0.25, -0.2) is 0 Å². The van der Waals surface area contributed by atoms with E-state index in [9.17, 15) is 9.59 Å². The first kappa shape index (κ1) is 11.2. The standard InChI is InChI=1S/C14H20O3/c1-2-17-14(16)12-10-4-8-3-9(5-10)7-11(6-8)13(12)15/h8-12H,2-7H2,1H3/t8-,9+,10?,11?,12-/m1/s1. The van der Waals surface area contributed by atoms with E-state index in [1.54, 1.807) is 0 Å². The van der Waals surface area contributed by atoms with E-state index < -0.39 is 5.92 Å². The Morgan fingerprint density at radius 2 is 1.82 bits per heavy atom. The van der Waals surface area contributed by atoms with Crippen LogP contribution in [0.5, 0.6) is 0 Å². The van der Waals surface area contributed by atoms with Crippen molar-refractivity contribution in [3.05, 3.63) is 0 Å². The molecule has 3 nitrogen and oxygen atoms in total. The Kier molecular flexibility index (Phi) is 2.72. The van der Waals surface area contributed by atoms with E-state index in [0.29, 0.717) is 18.4 Å². The van der Waals surface area contributed by atoms with Crippen molar-refractivity contribution >= 4 is 11.8 Å². The minimum absolute atomic E-state index is 0.153. The Morgan fingerprint density at radius 3 is 2.41 bits per heavy atom. The maximum absolute atomic E-state index is 12.4. The molecule has 0 N–H and O–H groups in total. The highest BCUT2D eigenvalue weighted by Crippen LogP contribution is 2.52. The maximum atomic E-state index is 12.4. The van der Waals surface area contributed by atoms with Crippen molar-refractivity contribution in [1.29, 1.82) is 0 Å². The molecule has 17 heavy (non-hydrogen) atoms. The number of fused-ring (bicyclic) bond motifs is 1. The third-order valence-electron chi connectivity index (χ3n) is 4.90. The van der Waals surface area contributed by atoms with Crippen LogP contribution < -0.4 is 0 Å². The summed E-state index contributed by atoms with van der Waals surface area (Å²) in [6.45, 7) is 2.19. The molecule has 0 aromatic carbocycles. The third-order valence-corrected chi connectivity index (χ3v) is 4.90. The molecule has 4 bridgehead atoms. The second kappa shape index (κ2) is 4.11. The Hall–Kier alpha value is -0.860. The number of Topliss-reactive ketones (excluding diaryl/α,β-unsaturated/α-hetero) is 1. The summed E-state index contributed by atoms with van der Waals surface area (Å²) in [6.07, 6.45) is 5.49. The molecule has 0 spiro atoms. The van der Waals surface area contributed by atoms with Crippen molar-refractivity contribution in [1.82, 2.24) is 0 Å². The molecule has 4 aliphatic carbocycles. The number of carbonyl (C=O) groups excluding carboxylic acids is 2. The quantitative estimate of drug-likeness (QED) is 0.545. The number of hydrogen-bond donors (Lipinski definition) is 0. The van der Waals surface area contributed by atoms with Crippen molar-refractivity contribution in [2.24, 2.45) is 29.6 Å². The second-order valence-corrected chi connectivity index (χ2v) is 6.00. The molecule has 0 aromatic rings. The third kappa shape index (κ3) is 1.80. The lowest BCUT2D eigenvalue weighted by molar-refractivity contribution is -0.154. The predicted molar refractivity (Wildman–Crippen MR) is 62.2 cm³/mol. The van der Waals surface area contributed by atoms with E-state index in [4.69, 9.17) is 4.74 Å². The molecule has 0 aromatic heterocycles. The van der Waals surface area contributed by atoms with E-state index in [2.05, 4.69) is 0 Å². The van der Waals surface area contributed by atoms with Gasteiger partial charge in [-0.05, 0) is 56.8 Å². The van der Waals surface area contributed by atoms with Gasteiger partial charge in [0.2, 0.25) is 0 Å². The van der Waals surface area contributed by atoms with Crippen LogP contribution in [0.3, 0.4) is 0 Å². The fourth-order valence-corrected chi connectivity index (χ4v) is 4.43. The van der Waals surface area contributed by atoms with Gasteiger partial charge in [-0.3, -0.25) is 9.59 Å². The van der Waals surface area contributed by atoms with Gasteiger partial charge in [0.05, 0.1) is 6.61 Å². The first-order valence-electron chi connectivity index (χ1n) is 6.89. The summed E-state index contributed by atoms with van der Waals surface area (Å²) in [4.78, 5) is 24.4. The first-order valence-corrected chi connectivity index (χ1v) is 6.89. The van der Waals surface area contributed by atoms with Gasteiger partial charge in [0.25, 0.3) is 0 Å². The monoisotopic (exact) mass is 236 g/mol. The van der Waals surface area contributed by atoms with Gasteiger partial charge < -0.3 is 4.74 Å². The van der Waals surface area contributed by atoms with Crippen LogP contribution in [0.2, 0.25) is 0 Å². The number of rotatable bonds is 2. The van der Waals surface area contributed by atoms with Crippen LogP contribution in [-0.4, -0.2) is 18.4 Å². The summed E-state index contributed by atoms with van der Waals surface area (Å²) in [6, 6.07) is 0. The van der Waals surface area contributed by atoms with Crippen LogP contribution in [0.15, 0.2) is 0 Å². The maximum Gasteiger partial charge on any atom is 0.316 e. The van der Waals surface area contributed by atoms with Gasteiger partial charge in [-0.2, -0.15) is 0 Å². The molecule has 5 atom stereocenters. The van der Waals surface area contributed by atoms with E-state index in [-0.39, 0.29) is 23.6 Å². The predicted octanol–water partition coefficient (Wildman–Crippen LogP) is 2.19. The van der Waals surface area contributed by atoms with E-state index in [0.717, 1.165) is 25.7 Å². The van der Waals surface area contributed by atoms with Crippen molar-refractivity contribution in [2.75, 3.05) is 6.61 Å². The van der Waals surface area contributed by atoms with Gasteiger partial charge in [0.1, 0.15) is 11.7 Å². The SMILES string of the molecule is CCOC(=O)[C@H]1C(=O)C2C[C@@H]3CC1C[C@H](C2)C3. The zero-order chi connectivity index (χ0) is 12.0. The lowest BCUT2D eigenvalue weighted by atomic mass is 9.67. The number of esters is 1. The van der Waals surface area contributed by atoms with Gasteiger partial charge in [0, 0.05) is 5.92 Å². The van der Waals surface area contributed by atoms with Crippen LogP contribution >= 0.6 is 0 Å². The van der Waals surface area contributed by atoms with Gasteiger partial charge in [-0.1, -0.05) is 0 Å². The van der Waals surface area contributed by atoms with Crippen molar-refractivity contribution in [3.8, 4) is 0 Å². The number of hydrogen-bond acceptors (Lipinski definition) is 3. The Morgan fingerprint density at radius 1 is 1.18 bits per heavy atom. The zero-order valence-electron chi connectivity index (χ0n) is 10.4. The molecule has 0 saturated heterocycles. The summed E-state index contributed by atoms with van der Waals surface area (Å²) in [5.41, 5.74) is 0. The molecule has 4 fully saturated rings. The second-order valence-electron chi connectivity index (χ2n) is 6.00. The van der Waals surface area contributed by atoms with E-state index >= 15 is 0 Å². The van der Waals surface area contributed by atoms with Gasteiger partial charge >= 0.3 is 5.97 Å². The van der Waals surface area contributed by atoms with Crippen LogP contribution in [0, 0.1) is 29.6 Å². The van der Waals surface area contributed by atoms with E-state index in [1.807, 2.05) is 6.92 Å². The van der Waals surface area contributed by atoms with Crippen molar-refractivity contribution < 1.29 is 14.3 Å². The molecule has 0 heterocycles. The Balaban J connectivity index is 1.88. The fourth-order valence-electron chi connectivity index (χ4n) is 4.43. The number of ketones is 1. The van der Waals surface area contributed by atoms with Crippen LogP contribution in [-0.2, 0) is 14.3 Å². The molecule has 4 rings (SSSR count). The molecule has 4 aliphatic rings. The van der Waals surface area contributed by atoms with E-state index in [1.165, 1.54) is 6.42 Å². The lowest BCUT2D eigenvalue weighted by Gasteiger charge is -2.38. The molecular weight excluding hydrogens is 216 g/mol. The van der Waals surface area contributed by atoms with Crippen LogP contribution in [0.4, 0.5) is 0 Å². The van der Waals surface area contributed by atoms with Crippen molar-refractivity contribution in [2.45, 2.75) is 39.0 Å². The highest BCUT2D eigenvalue weighted by Gasteiger charge is 2.51. The first-order chi connectivity index (χ1) is 8.19. The summed E-state index contributed by atoms with van der Waals surface area (Å²) in [5.74, 6) is 1.32. The minimum Gasteiger partial charge on any atom is -0.465 e. The molecule has 0 aliphatic heterocycles. The molecule has 0 radical (unpaired) electrons. The summed E-state index contributed by atoms with van der Waals surface area (Å²) in [5, 5.41) is 0. The van der Waals surface area contributed by atoms with Crippen molar-refractivity contribution in [3.63, 3.8) is 0 Å². The molecule has 4 saturated carbocycles. The summed E-state index contributed by atoms with van der Waals surface area (Å²) in [7, 11) is 0. The highest BCUT2D eigenvalue weighted by molar-refractivity contribution is 6.01. The molecule has 0 amide bonds.